The maximum Gasteiger partial charge on any atom is 0.340 e. The quantitative estimate of drug-likeness (QED) is 0.648. The van der Waals surface area contributed by atoms with E-state index in [1.165, 1.54) is 7.11 Å². The lowest BCUT2D eigenvalue weighted by Gasteiger charge is -2.28. The summed E-state index contributed by atoms with van der Waals surface area (Å²) in [5, 5.41) is 8.73. The number of methoxy groups -OCH3 is 1. The van der Waals surface area contributed by atoms with E-state index in [0.29, 0.717) is 23.4 Å². The van der Waals surface area contributed by atoms with E-state index in [1.807, 2.05) is 11.8 Å². The molecule has 0 aliphatic rings. The van der Waals surface area contributed by atoms with E-state index in [9.17, 15) is 4.79 Å². The van der Waals surface area contributed by atoms with Gasteiger partial charge in [0.15, 0.2) is 0 Å². The van der Waals surface area contributed by atoms with Crippen LogP contribution in [-0.2, 0) is 4.74 Å². The average Bonchev–Trinajstić information content (AvgIpc) is 2.37. The van der Waals surface area contributed by atoms with Crippen molar-refractivity contribution in [3.05, 3.63) is 23.8 Å². The van der Waals surface area contributed by atoms with E-state index >= 15 is 0 Å². The number of hydrogen-bond donors (Lipinski definition) is 1. The third-order valence-electron chi connectivity index (χ3n) is 2.87. The molecule has 0 aliphatic carbocycles. The van der Waals surface area contributed by atoms with E-state index in [2.05, 4.69) is 6.07 Å². The van der Waals surface area contributed by atoms with Crippen molar-refractivity contribution in [2.45, 2.75) is 19.4 Å². The van der Waals surface area contributed by atoms with E-state index in [4.69, 9.17) is 15.7 Å². The molecule has 1 atom stereocenters. The van der Waals surface area contributed by atoms with Crippen LogP contribution >= 0.6 is 0 Å². The Hall–Kier alpha value is -2.22. The number of nitrogen functional groups attached to an aromatic ring is 1. The fourth-order valence-corrected chi connectivity index (χ4v) is 1.72. The fraction of sp³-hybridized carbons (Fsp3) is 0.385. The maximum absolute atomic E-state index is 11.7. The van der Waals surface area contributed by atoms with Gasteiger partial charge in [-0.3, -0.25) is 0 Å². The van der Waals surface area contributed by atoms with Gasteiger partial charge in [-0.1, -0.05) is 6.07 Å². The van der Waals surface area contributed by atoms with Crippen LogP contribution in [0.4, 0.5) is 11.4 Å². The van der Waals surface area contributed by atoms with Gasteiger partial charge in [0, 0.05) is 13.1 Å². The number of nitrogens with two attached hydrogens (primary N) is 1. The van der Waals surface area contributed by atoms with Crippen LogP contribution in [0.3, 0.4) is 0 Å². The summed E-state index contributed by atoms with van der Waals surface area (Å²) >= 11 is 0. The molecule has 5 nitrogen and oxygen atoms in total. The molecule has 0 amide bonds. The molecule has 2 N–H and O–H groups in total. The SMILES string of the molecule is COC(=O)c1cccc(N)c1N(C)C(C)CC#N. The molecule has 0 saturated carbocycles. The number of carbonyl (C=O) groups is 1. The molecule has 0 fully saturated rings. The van der Waals surface area contributed by atoms with Gasteiger partial charge in [-0.25, -0.2) is 4.79 Å². The minimum Gasteiger partial charge on any atom is -0.465 e. The average molecular weight is 247 g/mol. The lowest BCUT2D eigenvalue weighted by atomic mass is 10.1. The van der Waals surface area contributed by atoms with Crippen LogP contribution in [0.1, 0.15) is 23.7 Å². The van der Waals surface area contributed by atoms with E-state index in [-0.39, 0.29) is 6.04 Å². The zero-order valence-electron chi connectivity index (χ0n) is 10.8. The summed E-state index contributed by atoms with van der Waals surface area (Å²) in [6, 6.07) is 7.14. The van der Waals surface area contributed by atoms with Gasteiger partial charge in [-0.15, -0.1) is 0 Å². The highest BCUT2D eigenvalue weighted by atomic mass is 16.5. The predicted octanol–water partition coefficient (Wildman–Crippen LogP) is 1.79. The van der Waals surface area contributed by atoms with Gasteiger partial charge in [0.1, 0.15) is 0 Å². The first kappa shape index (κ1) is 13.8. The highest BCUT2D eigenvalue weighted by Gasteiger charge is 2.20. The molecule has 0 bridgehead atoms. The Morgan fingerprint density at radius 2 is 2.28 bits per heavy atom. The minimum absolute atomic E-state index is 0.0388. The molecule has 18 heavy (non-hydrogen) atoms. The lowest BCUT2D eigenvalue weighted by Crippen LogP contribution is -2.30. The van der Waals surface area contributed by atoms with Gasteiger partial charge < -0.3 is 15.4 Å². The molecule has 96 valence electrons. The number of benzene rings is 1. The van der Waals surface area contributed by atoms with Gasteiger partial charge in [0.2, 0.25) is 0 Å². The first-order valence-corrected chi connectivity index (χ1v) is 5.59. The first-order chi connectivity index (χ1) is 8.52. The summed E-state index contributed by atoms with van der Waals surface area (Å²) in [4.78, 5) is 13.5. The number of nitrogens with zero attached hydrogens (tertiary/aromatic N) is 2. The fourth-order valence-electron chi connectivity index (χ4n) is 1.72. The van der Waals surface area contributed by atoms with Crippen molar-refractivity contribution in [1.82, 2.24) is 0 Å². The standard InChI is InChI=1S/C13H17N3O2/c1-9(7-8-14)16(2)12-10(13(17)18-3)5-4-6-11(12)15/h4-6,9H,7,15H2,1-3H3. The second kappa shape index (κ2) is 5.92. The Balaban J connectivity index is 3.22. The third-order valence-corrected chi connectivity index (χ3v) is 2.87. The summed E-state index contributed by atoms with van der Waals surface area (Å²) in [6.45, 7) is 1.90. The summed E-state index contributed by atoms with van der Waals surface area (Å²) in [7, 11) is 3.13. The van der Waals surface area contributed by atoms with Crippen molar-refractivity contribution < 1.29 is 9.53 Å². The summed E-state index contributed by atoms with van der Waals surface area (Å²) in [6.07, 6.45) is 0.353. The molecule has 0 heterocycles. The Labute approximate surface area is 107 Å². The summed E-state index contributed by atoms with van der Waals surface area (Å²) < 4.78 is 4.74. The first-order valence-electron chi connectivity index (χ1n) is 5.59. The molecule has 1 rings (SSSR count). The van der Waals surface area contributed by atoms with Crippen LogP contribution in [0, 0.1) is 11.3 Å². The molecular weight excluding hydrogens is 230 g/mol. The molecule has 0 saturated heterocycles. The minimum atomic E-state index is -0.437. The van der Waals surface area contributed by atoms with Crippen LogP contribution in [0.2, 0.25) is 0 Å². The monoisotopic (exact) mass is 247 g/mol. The number of para-hydroxylation sites is 1. The maximum atomic E-state index is 11.7. The largest absolute Gasteiger partial charge is 0.465 e. The van der Waals surface area contributed by atoms with Crippen LogP contribution in [0.15, 0.2) is 18.2 Å². The molecule has 5 heteroatoms. The molecular formula is C13H17N3O2. The highest BCUT2D eigenvalue weighted by molar-refractivity contribution is 5.99. The number of nitriles is 1. The Morgan fingerprint density at radius 1 is 1.61 bits per heavy atom. The lowest BCUT2D eigenvalue weighted by molar-refractivity contribution is 0.0601. The summed E-state index contributed by atoms with van der Waals surface area (Å²) in [5.74, 6) is -0.437. The van der Waals surface area contributed by atoms with Crippen molar-refractivity contribution in [3.63, 3.8) is 0 Å². The van der Waals surface area contributed by atoms with E-state index < -0.39 is 5.97 Å². The normalized spacial score (nSPS) is 11.4. The number of ether oxygens (including phenoxy) is 1. The summed E-state index contributed by atoms with van der Waals surface area (Å²) in [5.41, 5.74) is 7.42. The van der Waals surface area contributed by atoms with E-state index in [0.717, 1.165) is 0 Å². The second-order valence-electron chi connectivity index (χ2n) is 4.06. The molecule has 0 aliphatic heterocycles. The molecule has 1 aromatic carbocycles. The van der Waals surface area contributed by atoms with Crippen molar-refractivity contribution >= 4 is 17.3 Å². The molecule has 1 unspecified atom stereocenters. The third kappa shape index (κ3) is 2.72. The second-order valence-corrected chi connectivity index (χ2v) is 4.06. The van der Waals surface area contributed by atoms with Gasteiger partial charge in [0.25, 0.3) is 0 Å². The zero-order valence-corrected chi connectivity index (χ0v) is 10.8. The van der Waals surface area contributed by atoms with Crippen molar-refractivity contribution in [1.29, 1.82) is 5.26 Å². The van der Waals surface area contributed by atoms with Crippen molar-refractivity contribution in [2.24, 2.45) is 0 Å². The number of esters is 1. The number of carbonyl (C=O) groups excluding carboxylic acids is 1. The van der Waals surface area contributed by atoms with Crippen LogP contribution in [-0.4, -0.2) is 26.2 Å². The number of hydrogen-bond acceptors (Lipinski definition) is 5. The molecule has 0 aromatic heterocycles. The number of rotatable bonds is 4. The highest BCUT2D eigenvalue weighted by Crippen LogP contribution is 2.29. The molecule has 0 spiro atoms. The Kier molecular flexibility index (Phi) is 4.55. The van der Waals surface area contributed by atoms with E-state index in [1.54, 1.807) is 25.2 Å². The van der Waals surface area contributed by atoms with Gasteiger partial charge in [-0.05, 0) is 19.1 Å². The van der Waals surface area contributed by atoms with Crippen molar-refractivity contribution in [3.8, 4) is 6.07 Å². The van der Waals surface area contributed by atoms with Crippen LogP contribution in [0.5, 0.6) is 0 Å². The van der Waals surface area contributed by atoms with Crippen LogP contribution < -0.4 is 10.6 Å². The van der Waals surface area contributed by atoms with Gasteiger partial charge in [0.05, 0.1) is 36.5 Å². The number of anilines is 2. The topological polar surface area (TPSA) is 79.3 Å². The van der Waals surface area contributed by atoms with Crippen molar-refractivity contribution in [2.75, 3.05) is 24.8 Å². The Bertz CT molecular complexity index is 480. The van der Waals surface area contributed by atoms with Gasteiger partial charge in [-0.2, -0.15) is 5.26 Å². The van der Waals surface area contributed by atoms with Gasteiger partial charge >= 0.3 is 5.97 Å². The molecule has 1 aromatic rings. The zero-order chi connectivity index (χ0) is 13.7. The predicted molar refractivity (Wildman–Crippen MR) is 70.3 cm³/mol. The Morgan fingerprint density at radius 3 is 2.83 bits per heavy atom. The smallest absolute Gasteiger partial charge is 0.340 e. The van der Waals surface area contributed by atoms with Crippen LogP contribution in [0.25, 0.3) is 0 Å². The molecule has 0 radical (unpaired) electrons.